The first-order chi connectivity index (χ1) is 21.3. The standard InChI is InChI=1S/C21H23F2N9O9P2S2/c22-10-8-3-36-42(34,44)40-14-9(39-19(11(14)23)31-5-27-12-7(24)1-2-26-16(12)31)4-37-43(35,45)41-15(10)20(38-8)32-6-28-13-17(32)29-21(25)30-18(13)33/h1-2,5-6,8-11,14-15,19-20H,3-4H2,(H2,24,26)(H,34,44)(H,35,45)(H3,25,29,30,33)/t8-,9-,10-,11+,14-,15-,19-,20-,42?,43?/m1/s1. The van der Waals surface area contributed by atoms with Gasteiger partial charge in [0, 0.05) is 6.20 Å². The predicted octanol–water partition coefficient (Wildman–Crippen LogP) is 1.27. The Hall–Kier alpha value is -2.62. The molecule has 45 heavy (non-hydrogen) atoms. The van der Waals surface area contributed by atoms with Crippen LogP contribution in [0.2, 0.25) is 0 Å². The zero-order valence-corrected chi connectivity index (χ0v) is 25.9. The second-order valence-corrected chi connectivity index (χ2v) is 15.9. The molecule has 10 atom stereocenters. The molecule has 4 aromatic heterocycles. The number of nitrogens with one attached hydrogen (secondary N) is 1. The molecule has 0 saturated carbocycles. The fraction of sp³-hybridized carbons (Fsp3) is 0.476. The number of fused-ring (bicyclic) bond motifs is 5. The Balaban J connectivity index is 1.21. The van der Waals surface area contributed by atoms with Gasteiger partial charge in [-0.2, -0.15) is 4.98 Å². The number of thiol groups is 1. The number of rotatable bonds is 2. The fourth-order valence-corrected chi connectivity index (χ4v) is 8.20. The zero-order valence-electron chi connectivity index (χ0n) is 22.4. The third-order valence-electron chi connectivity index (χ3n) is 7.34. The number of nitrogens with two attached hydrogens (primary N) is 2. The van der Waals surface area contributed by atoms with Crippen molar-refractivity contribution < 1.29 is 45.8 Å². The summed E-state index contributed by atoms with van der Waals surface area (Å²) in [6.07, 6.45) is -9.43. The number of halogens is 2. The molecule has 0 aromatic carbocycles. The van der Waals surface area contributed by atoms with Crippen LogP contribution in [0.4, 0.5) is 20.4 Å². The van der Waals surface area contributed by atoms with Gasteiger partial charge in [-0.15, -0.1) is 0 Å². The summed E-state index contributed by atoms with van der Waals surface area (Å²) in [6, 6.07) is 1.52. The Bertz CT molecular complexity index is 1950. The van der Waals surface area contributed by atoms with Gasteiger partial charge < -0.3 is 30.4 Å². The van der Waals surface area contributed by atoms with Crippen LogP contribution < -0.4 is 17.0 Å². The number of aromatic nitrogens is 7. The van der Waals surface area contributed by atoms with Crippen LogP contribution in [0.25, 0.3) is 22.3 Å². The average Bonchev–Trinajstić information content (AvgIpc) is 3.72. The number of hydrogen-bond acceptors (Lipinski definition) is 15. The Labute approximate surface area is 260 Å². The molecule has 18 nitrogen and oxygen atoms in total. The molecule has 7 rings (SSSR count). The lowest BCUT2D eigenvalue weighted by molar-refractivity contribution is -0.0584. The average molecular weight is 710 g/mol. The first-order valence-electron chi connectivity index (χ1n) is 13.0. The highest BCUT2D eigenvalue weighted by Crippen LogP contribution is 2.58. The van der Waals surface area contributed by atoms with Crippen molar-refractivity contribution in [2.45, 2.75) is 49.2 Å². The van der Waals surface area contributed by atoms with E-state index in [9.17, 15) is 14.3 Å². The van der Waals surface area contributed by atoms with E-state index >= 15 is 8.78 Å². The van der Waals surface area contributed by atoms with Gasteiger partial charge in [0.1, 0.15) is 29.9 Å². The highest BCUT2D eigenvalue weighted by atomic mass is 32.7. The Morgan fingerprint density at radius 1 is 0.978 bits per heavy atom. The van der Waals surface area contributed by atoms with Gasteiger partial charge in [-0.3, -0.25) is 32.5 Å². The van der Waals surface area contributed by atoms with Gasteiger partial charge in [0.05, 0.1) is 31.6 Å². The minimum absolute atomic E-state index is 0.0920. The van der Waals surface area contributed by atoms with Crippen molar-refractivity contribution in [3.63, 3.8) is 0 Å². The molecule has 3 aliphatic rings. The molecule has 0 aliphatic carbocycles. The molecule has 3 fully saturated rings. The minimum Gasteiger partial charge on any atom is -0.397 e. The van der Waals surface area contributed by atoms with E-state index in [0.29, 0.717) is 0 Å². The topological polar surface area (TPSA) is 239 Å². The highest BCUT2D eigenvalue weighted by molar-refractivity contribution is 8.44. The van der Waals surface area contributed by atoms with E-state index in [-0.39, 0.29) is 34.0 Å². The number of aromatic amines is 1. The summed E-state index contributed by atoms with van der Waals surface area (Å²) in [7, 11) is 0. The maximum absolute atomic E-state index is 16.0. The third-order valence-corrected chi connectivity index (χ3v) is 10.5. The molecule has 2 unspecified atom stereocenters. The number of hydrogen-bond donors (Lipinski definition) is 5. The predicted molar refractivity (Wildman–Crippen MR) is 157 cm³/mol. The molecule has 242 valence electrons. The van der Waals surface area contributed by atoms with E-state index in [0.717, 1.165) is 10.9 Å². The monoisotopic (exact) mass is 709 g/mol. The molecule has 0 amide bonds. The summed E-state index contributed by atoms with van der Waals surface area (Å²) in [6.45, 7) is -10.2. The van der Waals surface area contributed by atoms with Crippen molar-refractivity contribution in [2.24, 2.45) is 0 Å². The maximum Gasteiger partial charge on any atom is 0.386 e. The van der Waals surface area contributed by atoms with Gasteiger partial charge in [-0.1, -0.05) is 12.2 Å². The van der Waals surface area contributed by atoms with Crippen LogP contribution in [0, 0.1) is 0 Å². The number of anilines is 2. The van der Waals surface area contributed by atoms with Crippen LogP contribution in [0.1, 0.15) is 12.5 Å². The number of pyridine rings is 1. The van der Waals surface area contributed by atoms with Gasteiger partial charge in [0.25, 0.3) is 5.56 Å². The Morgan fingerprint density at radius 2 is 1.67 bits per heavy atom. The second-order valence-electron chi connectivity index (χ2n) is 10.2. The second kappa shape index (κ2) is 11.3. The molecule has 24 heteroatoms. The Kier molecular flexibility index (Phi) is 7.76. The Morgan fingerprint density at radius 3 is 2.44 bits per heavy atom. The number of nitrogens with zero attached hydrogens (tertiary/aromatic N) is 6. The summed E-state index contributed by atoms with van der Waals surface area (Å²) >= 11 is 9.13. The molecular weight excluding hydrogens is 686 g/mol. The first kappa shape index (κ1) is 31.0. The molecule has 7 heterocycles. The quantitative estimate of drug-likeness (QED) is 0.145. The lowest BCUT2D eigenvalue weighted by Gasteiger charge is -2.27. The smallest absolute Gasteiger partial charge is 0.386 e. The molecule has 0 radical (unpaired) electrons. The van der Waals surface area contributed by atoms with Crippen LogP contribution in [-0.2, 0) is 43.9 Å². The van der Waals surface area contributed by atoms with Crippen LogP contribution >= 0.6 is 25.8 Å². The summed E-state index contributed by atoms with van der Waals surface area (Å²) in [5, 5.41) is 0. The molecule has 6 N–H and O–H groups in total. The normalized spacial score (nSPS) is 37.7. The van der Waals surface area contributed by atoms with E-state index in [4.69, 9.17) is 50.8 Å². The maximum atomic E-state index is 16.0. The molecule has 2 bridgehead atoms. The zero-order chi connectivity index (χ0) is 31.8. The first-order valence-corrected chi connectivity index (χ1v) is 18.3. The molecule has 0 spiro atoms. The van der Waals surface area contributed by atoms with Crippen molar-refractivity contribution in [3.05, 3.63) is 35.3 Å². The van der Waals surface area contributed by atoms with Crippen LogP contribution in [0.5, 0.6) is 0 Å². The number of imidazole rings is 2. The molecule has 4 aromatic rings. The van der Waals surface area contributed by atoms with Crippen molar-refractivity contribution >= 4 is 71.5 Å². The van der Waals surface area contributed by atoms with Crippen molar-refractivity contribution in [1.29, 1.82) is 0 Å². The van der Waals surface area contributed by atoms with Gasteiger partial charge in [-0.05, 0) is 17.9 Å². The fourth-order valence-electron chi connectivity index (χ4n) is 5.32. The summed E-state index contributed by atoms with van der Waals surface area (Å²) < 4.78 is 81.1. The lowest BCUT2D eigenvalue weighted by Crippen LogP contribution is -2.34. The summed E-state index contributed by atoms with van der Waals surface area (Å²) in [4.78, 5) is 42.0. The lowest BCUT2D eigenvalue weighted by atomic mass is 10.1. The van der Waals surface area contributed by atoms with Crippen molar-refractivity contribution in [3.8, 4) is 0 Å². The van der Waals surface area contributed by atoms with Crippen LogP contribution in [-0.4, -0.2) is 88.9 Å². The summed E-state index contributed by atoms with van der Waals surface area (Å²) in [5.41, 5.74) is 11.5. The molecule has 3 aliphatic heterocycles. The summed E-state index contributed by atoms with van der Waals surface area (Å²) in [5.74, 6) is -0.258. The van der Waals surface area contributed by atoms with Gasteiger partial charge in [-0.25, -0.2) is 28.3 Å². The van der Waals surface area contributed by atoms with Crippen LogP contribution in [0.15, 0.2) is 29.7 Å². The molecular formula is C21H23F2N9O9P2S2. The van der Waals surface area contributed by atoms with Crippen molar-refractivity contribution in [1.82, 2.24) is 34.1 Å². The number of nitrogen functional groups attached to an aromatic ring is 2. The van der Waals surface area contributed by atoms with E-state index in [1.807, 2.05) is 0 Å². The molecule has 3 saturated heterocycles. The number of alkyl halides is 2. The largest absolute Gasteiger partial charge is 0.397 e. The third kappa shape index (κ3) is 5.57. The van der Waals surface area contributed by atoms with E-state index < -0.39 is 81.5 Å². The number of H-pyrrole nitrogens is 1. The van der Waals surface area contributed by atoms with Gasteiger partial charge in [0.2, 0.25) is 5.95 Å². The SMILES string of the molecule is Nc1nc2c(ncn2[C@@H]2O[C@@H]3COP(=O)(S)O[C@H]4[C@H](F)[C@H](n5cnc6c(N)ccnc65)O[C@@H]4COP(O)(=S)O[C@@H]2[C@@H]3F)c(=O)[nH]1. The highest BCUT2D eigenvalue weighted by Gasteiger charge is 2.54. The van der Waals surface area contributed by atoms with E-state index in [1.165, 1.54) is 23.2 Å². The van der Waals surface area contributed by atoms with Gasteiger partial charge in [0.15, 0.2) is 41.6 Å². The van der Waals surface area contributed by atoms with Crippen molar-refractivity contribution in [2.75, 3.05) is 24.7 Å². The number of ether oxygens (including phenoxy) is 2. The van der Waals surface area contributed by atoms with Crippen LogP contribution in [0.3, 0.4) is 0 Å². The minimum atomic E-state index is -4.44. The van der Waals surface area contributed by atoms with E-state index in [2.05, 4.69) is 37.2 Å². The van der Waals surface area contributed by atoms with E-state index in [1.54, 1.807) is 0 Å². The van der Waals surface area contributed by atoms with Gasteiger partial charge >= 0.3 is 13.5 Å².